The van der Waals surface area contributed by atoms with Crippen molar-refractivity contribution in [1.29, 1.82) is 0 Å². The average molecular weight is 380 g/mol. The molecule has 1 aliphatic heterocycles. The van der Waals surface area contributed by atoms with Gasteiger partial charge in [-0.1, -0.05) is 0 Å². The summed E-state index contributed by atoms with van der Waals surface area (Å²) in [6.07, 6.45) is 0.0358. The second kappa shape index (κ2) is 6.54. The molecule has 27 heavy (non-hydrogen) atoms. The second-order valence-corrected chi connectivity index (χ2v) is 6.82. The van der Waals surface area contributed by atoms with E-state index in [1.807, 2.05) is 0 Å². The summed E-state index contributed by atoms with van der Waals surface area (Å²) >= 11 is 0. The van der Waals surface area contributed by atoms with Crippen molar-refractivity contribution >= 4 is 5.82 Å². The maximum absolute atomic E-state index is 13.5. The Balaban J connectivity index is 1.74. The summed E-state index contributed by atoms with van der Waals surface area (Å²) < 4.78 is 45.6. The molecule has 0 spiro atoms. The number of methoxy groups -OCH3 is 1. The Hall–Kier alpha value is -2.58. The summed E-state index contributed by atoms with van der Waals surface area (Å²) in [5.41, 5.74) is -0.159. The number of aromatic nitrogens is 3. The number of nitrogens with zero attached hydrogens (tertiary/aromatic N) is 3. The van der Waals surface area contributed by atoms with Crippen LogP contribution in [0.3, 0.4) is 0 Å². The molecule has 2 aliphatic rings. The van der Waals surface area contributed by atoms with Crippen LogP contribution in [0.15, 0.2) is 17.1 Å². The van der Waals surface area contributed by atoms with Gasteiger partial charge in [0.2, 0.25) is 5.75 Å². The van der Waals surface area contributed by atoms with Crippen LogP contribution in [0.2, 0.25) is 0 Å². The van der Waals surface area contributed by atoms with E-state index in [4.69, 9.17) is 4.74 Å². The molecule has 2 aromatic rings. The monoisotopic (exact) mass is 380 g/mol. The Morgan fingerprint density at radius 1 is 1.30 bits per heavy atom. The van der Waals surface area contributed by atoms with Gasteiger partial charge in [0, 0.05) is 12.2 Å². The molecule has 0 radical (unpaired) electrons. The van der Waals surface area contributed by atoms with Gasteiger partial charge >= 0.3 is 6.18 Å². The minimum absolute atomic E-state index is 0.0957. The summed E-state index contributed by atoms with van der Waals surface area (Å²) in [5, 5.41) is 0. The Morgan fingerprint density at radius 3 is 2.81 bits per heavy atom. The highest BCUT2D eigenvalue weighted by molar-refractivity contribution is 5.51. The number of alkyl halides is 3. The van der Waals surface area contributed by atoms with E-state index in [9.17, 15) is 18.0 Å². The van der Waals surface area contributed by atoms with E-state index >= 15 is 0 Å². The predicted octanol–water partition coefficient (Wildman–Crippen LogP) is 3.02. The highest BCUT2D eigenvalue weighted by Gasteiger charge is 2.38. The van der Waals surface area contributed by atoms with Crippen LogP contribution in [0, 0.1) is 0 Å². The summed E-state index contributed by atoms with van der Waals surface area (Å²) in [6.45, 7) is 0.559. The lowest BCUT2D eigenvalue weighted by Gasteiger charge is -2.26. The first-order valence-corrected chi connectivity index (χ1v) is 8.88. The van der Waals surface area contributed by atoms with Crippen molar-refractivity contribution in [1.82, 2.24) is 15.0 Å². The van der Waals surface area contributed by atoms with Crippen molar-refractivity contribution in [2.45, 2.75) is 44.3 Å². The summed E-state index contributed by atoms with van der Waals surface area (Å²) in [6, 6.07) is 0.820. The number of ether oxygens (including phenoxy) is 1. The molecular formula is C18H19F3N4O2. The molecule has 1 aliphatic carbocycles. The summed E-state index contributed by atoms with van der Waals surface area (Å²) in [7, 11) is 1.38. The minimum Gasteiger partial charge on any atom is -0.490 e. The molecule has 2 aromatic heterocycles. The lowest BCUT2D eigenvalue weighted by molar-refractivity contribution is -0.138. The van der Waals surface area contributed by atoms with Crippen molar-refractivity contribution in [3.8, 4) is 5.75 Å². The zero-order chi connectivity index (χ0) is 19.2. The Bertz CT molecular complexity index is 926. The molecule has 9 heteroatoms. The number of anilines is 1. The zero-order valence-electron chi connectivity index (χ0n) is 14.8. The number of hydrogen-bond acceptors (Lipinski definition) is 5. The highest BCUT2D eigenvalue weighted by atomic mass is 19.4. The molecule has 0 aromatic carbocycles. The maximum Gasteiger partial charge on any atom is 0.416 e. The first-order chi connectivity index (χ1) is 12.9. The quantitative estimate of drug-likeness (QED) is 0.886. The normalized spacial score (nSPS) is 19.4. The van der Waals surface area contributed by atoms with Gasteiger partial charge < -0.3 is 14.6 Å². The van der Waals surface area contributed by atoms with Gasteiger partial charge in [-0.15, -0.1) is 0 Å². The first kappa shape index (κ1) is 17.8. The molecule has 1 unspecified atom stereocenters. The standard InChI is InChI=1S/C18H19F3N4O2/c1-27-14-9-22-16(24-17(14)26)13-6-3-7-25(13)15-8-11(18(19,20)21)10-4-2-5-12(10)23-15/h8-9,13H,2-7H2,1H3,(H,22,24,26). The largest absolute Gasteiger partial charge is 0.490 e. The number of aromatic amines is 1. The van der Waals surface area contributed by atoms with Crippen molar-refractivity contribution in [2.75, 3.05) is 18.6 Å². The Labute approximate surface area is 153 Å². The molecule has 0 bridgehead atoms. The van der Waals surface area contributed by atoms with E-state index in [1.54, 1.807) is 4.90 Å². The number of pyridine rings is 1. The number of fused-ring (bicyclic) bond motifs is 1. The number of hydrogen-bond donors (Lipinski definition) is 1. The van der Waals surface area contributed by atoms with E-state index in [1.165, 1.54) is 13.3 Å². The molecule has 3 heterocycles. The lowest BCUT2D eigenvalue weighted by atomic mass is 10.1. The van der Waals surface area contributed by atoms with Crippen LogP contribution in [0.4, 0.5) is 19.0 Å². The SMILES string of the molecule is COc1cnc(C2CCCN2c2cc(C(F)(F)F)c3c(n2)CCC3)[nH]c1=O. The van der Waals surface area contributed by atoms with Crippen molar-refractivity contribution in [3.05, 3.63) is 45.3 Å². The van der Waals surface area contributed by atoms with Crippen LogP contribution in [-0.2, 0) is 19.0 Å². The van der Waals surface area contributed by atoms with Crippen LogP contribution in [0.25, 0.3) is 0 Å². The minimum atomic E-state index is -4.41. The van der Waals surface area contributed by atoms with E-state index in [2.05, 4.69) is 15.0 Å². The molecule has 6 nitrogen and oxygen atoms in total. The van der Waals surface area contributed by atoms with Crippen LogP contribution < -0.4 is 15.2 Å². The van der Waals surface area contributed by atoms with Gasteiger partial charge in [0.15, 0.2) is 0 Å². The number of H-pyrrole nitrogens is 1. The van der Waals surface area contributed by atoms with E-state index < -0.39 is 17.3 Å². The van der Waals surface area contributed by atoms with Crippen molar-refractivity contribution < 1.29 is 17.9 Å². The van der Waals surface area contributed by atoms with Crippen molar-refractivity contribution in [3.63, 3.8) is 0 Å². The van der Waals surface area contributed by atoms with Crippen LogP contribution >= 0.6 is 0 Å². The zero-order valence-corrected chi connectivity index (χ0v) is 14.8. The first-order valence-electron chi connectivity index (χ1n) is 8.88. The molecule has 1 atom stereocenters. The number of nitrogens with one attached hydrogen (secondary N) is 1. The van der Waals surface area contributed by atoms with Gasteiger partial charge in [0.05, 0.1) is 24.9 Å². The molecule has 1 N–H and O–H groups in total. The number of rotatable bonds is 3. The summed E-state index contributed by atoms with van der Waals surface area (Å²) in [4.78, 5) is 25.3. The van der Waals surface area contributed by atoms with Crippen LogP contribution in [0.5, 0.6) is 5.75 Å². The van der Waals surface area contributed by atoms with Crippen LogP contribution in [0.1, 0.15) is 47.9 Å². The number of aryl methyl sites for hydroxylation is 1. The predicted molar refractivity (Wildman–Crippen MR) is 92.0 cm³/mol. The van der Waals surface area contributed by atoms with Gasteiger partial charge in [-0.2, -0.15) is 13.2 Å². The van der Waals surface area contributed by atoms with E-state index in [-0.39, 0.29) is 11.8 Å². The van der Waals surface area contributed by atoms with E-state index in [0.717, 1.165) is 12.5 Å². The molecule has 0 amide bonds. The summed E-state index contributed by atoms with van der Waals surface area (Å²) in [5.74, 6) is 0.802. The van der Waals surface area contributed by atoms with Gasteiger partial charge in [-0.3, -0.25) is 4.79 Å². The molecule has 4 rings (SSSR count). The lowest BCUT2D eigenvalue weighted by Crippen LogP contribution is -2.28. The molecule has 1 fully saturated rings. The highest BCUT2D eigenvalue weighted by Crippen LogP contribution is 2.41. The fraction of sp³-hybridized carbons (Fsp3) is 0.500. The number of halogens is 3. The fourth-order valence-corrected chi connectivity index (χ4v) is 3.97. The maximum atomic E-state index is 13.5. The Kier molecular flexibility index (Phi) is 4.32. The third-order valence-electron chi connectivity index (χ3n) is 5.21. The average Bonchev–Trinajstić information content (AvgIpc) is 3.28. The van der Waals surface area contributed by atoms with Crippen molar-refractivity contribution in [2.24, 2.45) is 0 Å². The van der Waals surface area contributed by atoms with Gasteiger partial charge in [-0.25, -0.2) is 9.97 Å². The molecule has 0 saturated carbocycles. The van der Waals surface area contributed by atoms with Gasteiger partial charge in [0.25, 0.3) is 5.56 Å². The third-order valence-corrected chi connectivity index (χ3v) is 5.21. The molecule has 144 valence electrons. The Morgan fingerprint density at radius 2 is 2.11 bits per heavy atom. The third kappa shape index (κ3) is 3.15. The smallest absolute Gasteiger partial charge is 0.416 e. The van der Waals surface area contributed by atoms with E-state index in [0.29, 0.717) is 55.1 Å². The molecule has 1 saturated heterocycles. The fourth-order valence-electron chi connectivity index (χ4n) is 3.97. The van der Waals surface area contributed by atoms with Gasteiger partial charge in [-0.05, 0) is 43.7 Å². The topological polar surface area (TPSA) is 71.1 Å². The molecular weight excluding hydrogens is 361 g/mol. The second-order valence-electron chi connectivity index (χ2n) is 6.82. The van der Waals surface area contributed by atoms with Gasteiger partial charge in [0.1, 0.15) is 11.6 Å². The van der Waals surface area contributed by atoms with Crippen LogP contribution in [-0.4, -0.2) is 28.6 Å².